The molecule has 0 aliphatic heterocycles. The van der Waals surface area contributed by atoms with E-state index in [4.69, 9.17) is 0 Å². The Hall–Kier alpha value is -1.07. The minimum atomic E-state index is -0.355. The molecule has 0 saturated carbocycles. The SMILES string of the molecule is CSCC(C)NCC(=O)Nc1cccc(F)c1. The van der Waals surface area contributed by atoms with Crippen LogP contribution in [0.1, 0.15) is 6.92 Å². The van der Waals surface area contributed by atoms with Crippen LogP contribution < -0.4 is 10.6 Å². The van der Waals surface area contributed by atoms with Gasteiger partial charge in [-0.15, -0.1) is 0 Å². The molecule has 0 saturated heterocycles. The predicted octanol–water partition coefficient (Wildman–Crippen LogP) is 2.11. The standard InChI is InChI=1S/C12H17FN2OS/c1-9(8-17-2)14-7-12(16)15-11-5-3-4-10(13)6-11/h3-6,9,14H,7-8H2,1-2H3,(H,15,16). The zero-order valence-corrected chi connectivity index (χ0v) is 10.8. The third kappa shape index (κ3) is 5.70. The number of anilines is 1. The van der Waals surface area contributed by atoms with Crippen molar-refractivity contribution >= 4 is 23.4 Å². The molecule has 0 fully saturated rings. The van der Waals surface area contributed by atoms with Gasteiger partial charge in [0.1, 0.15) is 5.82 Å². The number of halogens is 1. The highest BCUT2D eigenvalue weighted by atomic mass is 32.2. The molecule has 1 aromatic carbocycles. The number of rotatable bonds is 6. The van der Waals surface area contributed by atoms with Crippen LogP contribution in [-0.2, 0) is 4.79 Å². The molecule has 1 amide bonds. The minimum Gasteiger partial charge on any atom is -0.325 e. The highest BCUT2D eigenvalue weighted by molar-refractivity contribution is 7.98. The lowest BCUT2D eigenvalue weighted by Crippen LogP contribution is -2.35. The van der Waals surface area contributed by atoms with Crippen molar-refractivity contribution in [3.63, 3.8) is 0 Å². The fourth-order valence-corrected chi connectivity index (χ4v) is 1.97. The molecular weight excluding hydrogens is 239 g/mol. The lowest BCUT2D eigenvalue weighted by Gasteiger charge is -2.12. The molecule has 2 N–H and O–H groups in total. The lowest BCUT2D eigenvalue weighted by molar-refractivity contribution is -0.115. The van der Waals surface area contributed by atoms with Gasteiger partial charge in [-0.3, -0.25) is 4.79 Å². The van der Waals surface area contributed by atoms with Gasteiger partial charge in [-0.25, -0.2) is 4.39 Å². The summed E-state index contributed by atoms with van der Waals surface area (Å²) in [6, 6.07) is 6.14. The Bertz CT molecular complexity index is 373. The Labute approximate surface area is 105 Å². The second-order valence-corrected chi connectivity index (χ2v) is 4.71. The van der Waals surface area contributed by atoms with E-state index in [2.05, 4.69) is 10.6 Å². The normalized spacial score (nSPS) is 12.2. The van der Waals surface area contributed by atoms with Crippen molar-refractivity contribution in [1.82, 2.24) is 5.32 Å². The third-order valence-electron chi connectivity index (χ3n) is 2.14. The smallest absolute Gasteiger partial charge is 0.238 e. The van der Waals surface area contributed by atoms with Crippen LogP contribution in [0.3, 0.4) is 0 Å². The Kier molecular flexibility index (Phi) is 6.00. The molecule has 94 valence electrons. The van der Waals surface area contributed by atoms with Gasteiger partial charge < -0.3 is 10.6 Å². The number of hydrogen-bond donors (Lipinski definition) is 2. The van der Waals surface area contributed by atoms with Crippen LogP contribution >= 0.6 is 11.8 Å². The van der Waals surface area contributed by atoms with E-state index >= 15 is 0 Å². The number of carbonyl (C=O) groups excluding carboxylic acids is 1. The molecule has 0 bridgehead atoms. The molecule has 5 heteroatoms. The van der Waals surface area contributed by atoms with Crippen LogP contribution in [0.4, 0.5) is 10.1 Å². The summed E-state index contributed by atoms with van der Waals surface area (Å²) in [5.41, 5.74) is 0.481. The van der Waals surface area contributed by atoms with Gasteiger partial charge in [-0.05, 0) is 31.4 Å². The van der Waals surface area contributed by atoms with Crippen LogP contribution in [0, 0.1) is 5.82 Å². The summed E-state index contributed by atoms with van der Waals surface area (Å²) in [6.45, 7) is 2.25. The van der Waals surface area contributed by atoms with Crippen molar-refractivity contribution in [2.75, 3.05) is 23.9 Å². The van der Waals surface area contributed by atoms with Crippen molar-refractivity contribution in [2.24, 2.45) is 0 Å². The molecule has 0 aliphatic rings. The highest BCUT2D eigenvalue weighted by Gasteiger charge is 2.05. The average molecular weight is 256 g/mol. The molecule has 3 nitrogen and oxygen atoms in total. The Morgan fingerprint density at radius 1 is 1.53 bits per heavy atom. The Morgan fingerprint density at radius 3 is 2.94 bits per heavy atom. The van der Waals surface area contributed by atoms with E-state index in [1.54, 1.807) is 23.9 Å². The summed E-state index contributed by atoms with van der Waals surface area (Å²) in [6.07, 6.45) is 2.02. The molecule has 0 heterocycles. The fourth-order valence-electron chi connectivity index (χ4n) is 1.35. The van der Waals surface area contributed by atoms with E-state index in [1.165, 1.54) is 12.1 Å². The summed E-state index contributed by atoms with van der Waals surface area (Å²) in [7, 11) is 0. The largest absolute Gasteiger partial charge is 0.325 e. The van der Waals surface area contributed by atoms with Gasteiger partial charge in [-0.2, -0.15) is 11.8 Å². The maximum Gasteiger partial charge on any atom is 0.238 e. The first kappa shape index (κ1) is 14.0. The predicted molar refractivity (Wildman–Crippen MR) is 70.9 cm³/mol. The van der Waals surface area contributed by atoms with Crippen molar-refractivity contribution < 1.29 is 9.18 Å². The van der Waals surface area contributed by atoms with Crippen molar-refractivity contribution in [1.29, 1.82) is 0 Å². The van der Waals surface area contributed by atoms with Crippen LogP contribution in [0.2, 0.25) is 0 Å². The summed E-state index contributed by atoms with van der Waals surface area (Å²) < 4.78 is 12.9. The monoisotopic (exact) mass is 256 g/mol. The Morgan fingerprint density at radius 2 is 2.29 bits per heavy atom. The van der Waals surface area contributed by atoms with Crippen LogP contribution in [0.25, 0.3) is 0 Å². The van der Waals surface area contributed by atoms with Gasteiger partial charge in [0, 0.05) is 17.5 Å². The van der Waals surface area contributed by atoms with Gasteiger partial charge in [0.25, 0.3) is 0 Å². The van der Waals surface area contributed by atoms with E-state index in [0.717, 1.165) is 5.75 Å². The van der Waals surface area contributed by atoms with E-state index in [9.17, 15) is 9.18 Å². The third-order valence-corrected chi connectivity index (χ3v) is 2.97. The van der Waals surface area contributed by atoms with Crippen molar-refractivity contribution in [2.45, 2.75) is 13.0 Å². The number of benzene rings is 1. The number of amides is 1. The summed E-state index contributed by atoms with van der Waals surface area (Å²) >= 11 is 1.72. The first-order valence-corrected chi connectivity index (χ1v) is 6.79. The van der Waals surface area contributed by atoms with E-state index < -0.39 is 0 Å². The minimum absolute atomic E-state index is 0.163. The van der Waals surface area contributed by atoms with Crippen LogP contribution in [-0.4, -0.2) is 30.5 Å². The average Bonchev–Trinajstić information content (AvgIpc) is 2.27. The highest BCUT2D eigenvalue weighted by Crippen LogP contribution is 2.08. The first-order chi connectivity index (χ1) is 8.11. The summed E-state index contributed by atoms with van der Waals surface area (Å²) in [5.74, 6) is 0.433. The summed E-state index contributed by atoms with van der Waals surface area (Å²) in [5, 5.41) is 5.72. The van der Waals surface area contributed by atoms with E-state index in [0.29, 0.717) is 5.69 Å². The van der Waals surface area contributed by atoms with Gasteiger partial charge in [-0.1, -0.05) is 6.07 Å². The molecule has 1 atom stereocenters. The quantitative estimate of drug-likeness (QED) is 0.819. The van der Waals surface area contributed by atoms with Crippen LogP contribution in [0.5, 0.6) is 0 Å². The van der Waals surface area contributed by atoms with Crippen molar-refractivity contribution in [3.05, 3.63) is 30.1 Å². The maximum atomic E-state index is 12.9. The number of hydrogen-bond acceptors (Lipinski definition) is 3. The molecule has 0 spiro atoms. The zero-order chi connectivity index (χ0) is 12.7. The van der Waals surface area contributed by atoms with Gasteiger partial charge in [0.05, 0.1) is 6.54 Å². The van der Waals surface area contributed by atoms with Gasteiger partial charge >= 0.3 is 0 Å². The van der Waals surface area contributed by atoms with E-state index in [-0.39, 0.29) is 24.3 Å². The molecule has 17 heavy (non-hydrogen) atoms. The zero-order valence-electron chi connectivity index (χ0n) is 10.00. The Balaban J connectivity index is 2.34. The number of nitrogens with one attached hydrogen (secondary N) is 2. The fraction of sp³-hybridized carbons (Fsp3) is 0.417. The first-order valence-electron chi connectivity index (χ1n) is 5.39. The molecular formula is C12H17FN2OS. The molecule has 1 unspecified atom stereocenters. The molecule has 1 rings (SSSR count). The lowest BCUT2D eigenvalue weighted by atomic mass is 10.3. The van der Waals surface area contributed by atoms with E-state index in [1.807, 2.05) is 13.2 Å². The van der Waals surface area contributed by atoms with Crippen LogP contribution in [0.15, 0.2) is 24.3 Å². The molecule has 0 aliphatic carbocycles. The maximum absolute atomic E-state index is 12.9. The molecule has 1 aromatic rings. The van der Waals surface area contributed by atoms with Gasteiger partial charge in [0.15, 0.2) is 0 Å². The second-order valence-electron chi connectivity index (χ2n) is 3.80. The van der Waals surface area contributed by atoms with Gasteiger partial charge in [0.2, 0.25) is 5.91 Å². The second kappa shape index (κ2) is 7.29. The topological polar surface area (TPSA) is 41.1 Å². The van der Waals surface area contributed by atoms with Crippen molar-refractivity contribution in [3.8, 4) is 0 Å². The molecule has 0 radical (unpaired) electrons. The molecule has 0 aromatic heterocycles. The number of carbonyl (C=O) groups is 1. The number of thioether (sulfide) groups is 1. The summed E-state index contributed by atoms with van der Waals surface area (Å²) in [4.78, 5) is 11.5.